The molecule has 0 unspecified atom stereocenters. The van der Waals surface area contributed by atoms with Crippen molar-refractivity contribution < 1.29 is 4.79 Å². The Morgan fingerprint density at radius 1 is 1.41 bits per heavy atom. The van der Waals surface area contributed by atoms with Crippen molar-refractivity contribution in [2.45, 2.75) is 19.8 Å². The fourth-order valence-electron chi connectivity index (χ4n) is 1.13. The Morgan fingerprint density at radius 3 is 2.71 bits per heavy atom. The molecule has 0 bridgehead atoms. The van der Waals surface area contributed by atoms with Gasteiger partial charge in [0.15, 0.2) is 0 Å². The quantitative estimate of drug-likeness (QED) is 0.789. The third kappa shape index (κ3) is 6.83. The molecule has 0 saturated carbocycles. The molecule has 0 radical (unpaired) electrons. The number of carbonyl (C=O) groups is 1. The monoisotopic (exact) mass is 299 g/mol. The highest BCUT2D eigenvalue weighted by atomic mass is 35.5. The van der Waals surface area contributed by atoms with E-state index in [9.17, 15) is 4.79 Å². The van der Waals surface area contributed by atoms with Crippen LogP contribution in [0.5, 0.6) is 0 Å². The molecule has 1 aromatic rings. The third-order valence-electron chi connectivity index (χ3n) is 1.90. The van der Waals surface area contributed by atoms with E-state index in [1.165, 1.54) is 11.3 Å². The number of carbonyl (C=O) groups excluding carboxylic acids is 1. The van der Waals surface area contributed by atoms with Crippen LogP contribution in [0.3, 0.4) is 0 Å². The van der Waals surface area contributed by atoms with Crippen LogP contribution in [0, 0.1) is 0 Å². The zero-order chi connectivity index (χ0) is 11.1. The lowest BCUT2D eigenvalue weighted by atomic mass is 10.4. The van der Waals surface area contributed by atoms with Gasteiger partial charge in [-0.05, 0) is 19.9 Å². The highest BCUT2D eigenvalue weighted by molar-refractivity contribution is 7.13. The molecule has 2 N–H and O–H groups in total. The number of hydrogen-bond donors (Lipinski definition) is 2. The van der Waals surface area contributed by atoms with E-state index in [1.54, 1.807) is 6.20 Å². The summed E-state index contributed by atoms with van der Waals surface area (Å²) in [5.41, 5.74) is 0. The molecule has 1 rings (SSSR count). The van der Waals surface area contributed by atoms with E-state index < -0.39 is 0 Å². The van der Waals surface area contributed by atoms with Crippen molar-refractivity contribution in [2.75, 3.05) is 20.1 Å². The predicted molar refractivity (Wildman–Crippen MR) is 76.9 cm³/mol. The minimum atomic E-state index is -0.0231. The molecule has 7 heteroatoms. The summed E-state index contributed by atoms with van der Waals surface area (Å²) >= 11 is 1.48. The number of halogens is 2. The lowest BCUT2D eigenvalue weighted by Crippen LogP contribution is -2.29. The lowest BCUT2D eigenvalue weighted by molar-refractivity contribution is 0.0958. The average Bonchev–Trinajstić information content (AvgIpc) is 2.67. The summed E-state index contributed by atoms with van der Waals surface area (Å²) in [5, 5.41) is 6.84. The van der Waals surface area contributed by atoms with Crippen molar-refractivity contribution in [3.05, 3.63) is 16.1 Å². The van der Waals surface area contributed by atoms with Gasteiger partial charge in [0.2, 0.25) is 0 Å². The Bertz CT molecular complexity index is 320. The summed E-state index contributed by atoms with van der Waals surface area (Å²) in [5.74, 6) is -0.0231. The number of nitrogens with one attached hydrogen (secondary N) is 2. The molecule has 100 valence electrons. The van der Waals surface area contributed by atoms with Crippen molar-refractivity contribution in [2.24, 2.45) is 0 Å². The molecule has 0 saturated heterocycles. The Labute approximate surface area is 118 Å². The van der Waals surface area contributed by atoms with Gasteiger partial charge in [-0.15, -0.1) is 36.2 Å². The number of nitrogens with zero attached hydrogens (tertiary/aromatic N) is 1. The second kappa shape index (κ2) is 10.8. The first-order valence-electron chi connectivity index (χ1n) is 5.15. The highest BCUT2D eigenvalue weighted by Crippen LogP contribution is 2.14. The number of rotatable bonds is 6. The summed E-state index contributed by atoms with van der Waals surface area (Å²) < 4.78 is 0. The zero-order valence-corrected chi connectivity index (χ0v) is 12.4. The van der Waals surface area contributed by atoms with Crippen LogP contribution in [-0.4, -0.2) is 31.0 Å². The average molecular weight is 300 g/mol. The van der Waals surface area contributed by atoms with Gasteiger partial charge in [-0.25, -0.2) is 4.98 Å². The summed E-state index contributed by atoms with van der Waals surface area (Å²) in [7, 11) is 1.86. The van der Waals surface area contributed by atoms with E-state index in [2.05, 4.69) is 22.5 Å². The first kappa shape index (κ1) is 19.0. The minimum absolute atomic E-state index is 0. The highest BCUT2D eigenvalue weighted by Gasteiger charge is 2.08. The molecular weight excluding hydrogens is 281 g/mol. The van der Waals surface area contributed by atoms with Gasteiger partial charge in [-0.2, -0.15) is 0 Å². The zero-order valence-electron chi connectivity index (χ0n) is 9.99. The summed E-state index contributed by atoms with van der Waals surface area (Å²) in [6, 6.07) is 0. The molecule has 1 amide bonds. The molecule has 0 fully saturated rings. The molecule has 0 atom stereocenters. The van der Waals surface area contributed by atoms with Gasteiger partial charge in [0, 0.05) is 13.1 Å². The number of amides is 1. The van der Waals surface area contributed by atoms with Gasteiger partial charge in [-0.1, -0.05) is 6.92 Å². The number of aromatic nitrogens is 1. The van der Waals surface area contributed by atoms with Crippen molar-refractivity contribution in [1.82, 2.24) is 15.6 Å². The molecule has 0 aliphatic carbocycles. The maximum Gasteiger partial charge on any atom is 0.263 e. The van der Waals surface area contributed by atoms with Gasteiger partial charge in [0.05, 0.1) is 11.2 Å². The summed E-state index contributed by atoms with van der Waals surface area (Å²) in [6.07, 6.45) is 3.67. The maximum atomic E-state index is 11.6. The summed E-state index contributed by atoms with van der Waals surface area (Å²) in [6.45, 7) is 3.54. The molecule has 0 aromatic carbocycles. The smallest absolute Gasteiger partial charge is 0.263 e. The van der Waals surface area contributed by atoms with Gasteiger partial charge < -0.3 is 10.6 Å². The second-order valence-electron chi connectivity index (χ2n) is 3.23. The molecule has 1 heterocycles. The topological polar surface area (TPSA) is 54.0 Å². The maximum absolute atomic E-state index is 11.6. The standard InChI is InChI=1S/C10H17N3OS.2ClH/c1-3-4-9-13-7-8(15-9)10(14)12-6-5-11-2;;/h7,11H,3-6H2,1-2H3,(H,12,14);2*1H. The van der Waals surface area contributed by atoms with Crippen LogP contribution in [-0.2, 0) is 6.42 Å². The van der Waals surface area contributed by atoms with Crippen LogP contribution in [0.15, 0.2) is 6.20 Å². The Kier molecular flexibility index (Phi) is 12.0. The molecular formula is C10H19Cl2N3OS. The largest absolute Gasteiger partial charge is 0.350 e. The number of likely N-dealkylation sites (N-methyl/N-ethyl adjacent to an activating group) is 1. The normalized spacial score (nSPS) is 9.06. The van der Waals surface area contributed by atoms with Gasteiger partial charge in [0.1, 0.15) is 4.88 Å². The van der Waals surface area contributed by atoms with Crippen LogP contribution in [0.2, 0.25) is 0 Å². The second-order valence-corrected chi connectivity index (χ2v) is 4.34. The Hall–Kier alpha value is -0.360. The van der Waals surface area contributed by atoms with E-state index in [4.69, 9.17) is 0 Å². The third-order valence-corrected chi connectivity index (χ3v) is 2.96. The Balaban J connectivity index is 0. The van der Waals surface area contributed by atoms with E-state index in [0.29, 0.717) is 11.4 Å². The predicted octanol–water partition coefficient (Wildman–Crippen LogP) is 1.89. The van der Waals surface area contributed by atoms with Gasteiger partial charge in [-0.3, -0.25) is 4.79 Å². The van der Waals surface area contributed by atoms with E-state index in [0.717, 1.165) is 24.4 Å². The lowest BCUT2D eigenvalue weighted by Gasteiger charge is -2.01. The van der Waals surface area contributed by atoms with E-state index in [1.807, 2.05) is 7.05 Å². The fourth-order valence-corrected chi connectivity index (χ4v) is 2.07. The van der Waals surface area contributed by atoms with Crippen molar-refractivity contribution in [3.63, 3.8) is 0 Å². The molecule has 17 heavy (non-hydrogen) atoms. The first-order chi connectivity index (χ1) is 7.27. The number of aryl methyl sites for hydroxylation is 1. The number of hydrogen-bond acceptors (Lipinski definition) is 4. The number of thiazole rings is 1. The van der Waals surface area contributed by atoms with E-state index in [-0.39, 0.29) is 30.7 Å². The first-order valence-corrected chi connectivity index (χ1v) is 5.97. The van der Waals surface area contributed by atoms with Crippen molar-refractivity contribution in [3.8, 4) is 0 Å². The SMILES string of the molecule is CCCc1ncc(C(=O)NCCNC)s1.Cl.Cl. The van der Waals surface area contributed by atoms with Crippen molar-refractivity contribution >= 4 is 42.1 Å². The van der Waals surface area contributed by atoms with E-state index >= 15 is 0 Å². The van der Waals surface area contributed by atoms with Crippen LogP contribution in [0.25, 0.3) is 0 Å². The molecule has 0 spiro atoms. The van der Waals surface area contributed by atoms with Gasteiger partial charge in [0.25, 0.3) is 5.91 Å². The minimum Gasteiger partial charge on any atom is -0.350 e. The van der Waals surface area contributed by atoms with Crippen LogP contribution >= 0.6 is 36.2 Å². The molecule has 4 nitrogen and oxygen atoms in total. The van der Waals surface area contributed by atoms with Crippen LogP contribution in [0.4, 0.5) is 0 Å². The van der Waals surface area contributed by atoms with Gasteiger partial charge >= 0.3 is 0 Å². The Morgan fingerprint density at radius 2 is 2.12 bits per heavy atom. The molecule has 0 aliphatic rings. The van der Waals surface area contributed by atoms with Crippen molar-refractivity contribution in [1.29, 1.82) is 0 Å². The molecule has 1 aromatic heterocycles. The van der Waals surface area contributed by atoms with Crippen LogP contribution in [0.1, 0.15) is 28.0 Å². The van der Waals surface area contributed by atoms with Crippen LogP contribution < -0.4 is 10.6 Å². The summed E-state index contributed by atoms with van der Waals surface area (Å²) in [4.78, 5) is 16.5. The molecule has 0 aliphatic heterocycles. The fraction of sp³-hybridized carbons (Fsp3) is 0.600.